The largest absolute Gasteiger partial charge is 0.446 e. The molecule has 0 aliphatic rings. The predicted octanol–water partition coefficient (Wildman–Crippen LogP) is 2.78. The summed E-state index contributed by atoms with van der Waals surface area (Å²) in [6.45, 7) is 1.82. The molecule has 0 aliphatic heterocycles. The minimum atomic E-state index is -0.159. The molecule has 0 saturated heterocycles. The molecule has 1 atom stereocenters. The van der Waals surface area contributed by atoms with E-state index in [2.05, 4.69) is 11.8 Å². The van der Waals surface area contributed by atoms with E-state index in [0.717, 1.165) is 5.39 Å². The lowest BCUT2D eigenvalue weighted by Crippen LogP contribution is -2.10. The summed E-state index contributed by atoms with van der Waals surface area (Å²) >= 11 is 5.97. The zero-order valence-corrected chi connectivity index (χ0v) is 9.01. The normalized spacial score (nSPS) is 12.2. The van der Waals surface area contributed by atoms with E-state index in [0.29, 0.717) is 16.4 Å². The molecule has 0 aliphatic carbocycles. The van der Waals surface area contributed by atoms with Crippen LogP contribution in [0.25, 0.3) is 11.0 Å². The molecule has 76 valence electrons. The molecule has 1 aromatic heterocycles. The molecule has 0 saturated carbocycles. The fourth-order valence-electron chi connectivity index (χ4n) is 1.27. The van der Waals surface area contributed by atoms with Gasteiger partial charge in [-0.25, -0.2) is 0 Å². The van der Waals surface area contributed by atoms with Crippen molar-refractivity contribution in [2.24, 2.45) is 5.73 Å². The van der Waals surface area contributed by atoms with E-state index in [-0.39, 0.29) is 6.04 Å². The van der Waals surface area contributed by atoms with Gasteiger partial charge in [-0.05, 0) is 18.9 Å². The smallest absolute Gasteiger partial charge is 0.178 e. The third kappa shape index (κ3) is 2.15. The molecule has 0 fully saturated rings. The summed E-state index contributed by atoms with van der Waals surface area (Å²) < 4.78 is 5.49. The number of halogens is 1. The van der Waals surface area contributed by atoms with Crippen molar-refractivity contribution in [2.75, 3.05) is 0 Å². The van der Waals surface area contributed by atoms with Crippen LogP contribution in [0.3, 0.4) is 0 Å². The van der Waals surface area contributed by atoms with Crippen molar-refractivity contribution in [1.82, 2.24) is 0 Å². The topological polar surface area (TPSA) is 39.2 Å². The van der Waals surface area contributed by atoms with Gasteiger partial charge in [0.25, 0.3) is 0 Å². The number of hydrogen-bond acceptors (Lipinski definition) is 2. The highest BCUT2D eigenvalue weighted by atomic mass is 35.5. The number of benzene rings is 1. The summed E-state index contributed by atoms with van der Waals surface area (Å²) in [4.78, 5) is 0. The number of rotatable bonds is 0. The fraction of sp³-hybridized carbons (Fsp3) is 0.167. The van der Waals surface area contributed by atoms with Crippen molar-refractivity contribution < 1.29 is 4.42 Å². The Kier molecular flexibility index (Phi) is 2.68. The Bertz CT molecular complexity index is 545. The Morgan fingerprint density at radius 3 is 2.93 bits per heavy atom. The van der Waals surface area contributed by atoms with Crippen LogP contribution in [-0.4, -0.2) is 6.04 Å². The average Bonchev–Trinajstić information content (AvgIpc) is 2.59. The van der Waals surface area contributed by atoms with Gasteiger partial charge in [-0.1, -0.05) is 29.7 Å². The molecular weight excluding hydrogens is 210 g/mol. The zero-order chi connectivity index (χ0) is 10.8. The van der Waals surface area contributed by atoms with Gasteiger partial charge in [-0.15, -0.1) is 0 Å². The first-order valence-corrected chi connectivity index (χ1v) is 5.00. The van der Waals surface area contributed by atoms with Crippen LogP contribution in [0.2, 0.25) is 5.02 Å². The van der Waals surface area contributed by atoms with Crippen LogP contribution >= 0.6 is 11.6 Å². The number of nitrogens with two attached hydrogens (primary N) is 1. The van der Waals surface area contributed by atoms with Crippen molar-refractivity contribution in [3.8, 4) is 11.8 Å². The van der Waals surface area contributed by atoms with Crippen molar-refractivity contribution >= 4 is 22.6 Å². The fourth-order valence-corrected chi connectivity index (χ4v) is 1.49. The Balaban J connectivity index is 2.49. The highest BCUT2D eigenvalue weighted by molar-refractivity contribution is 6.34. The highest BCUT2D eigenvalue weighted by Crippen LogP contribution is 2.25. The second-order valence-electron chi connectivity index (χ2n) is 3.33. The first-order chi connectivity index (χ1) is 7.16. The standard InChI is InChI=1S/C12H10ClNO/c1-8(14)5-6-10-7-9-3-2-4-11(13)12(9)15-10/h2-4,7-8H,14H2,1H3. The van der Waals surface area contributed by atoms with Crippen LogP contribution in [0.4, 0.5) is 0 Å². The first-order valence-electron chi connectivity index (χ1n) is 4.62. The molecule has 2 N–H and O–H groups in total. The van der Waals surface area contributed by atoms with Crippen molar-refractivity contribution in [3.05, 3.63) is 35.0 Å². The van der Waals surface area contributed by atoms with Crippen LogP contribution in [0.15, 0.2) is 28.7 Å². The first kappa shape index (κ1) is 10.1. The summed E-state index contributed by atoms with van der Waals surface area (Å²) in [5.74, 6) is 6.29. The van der Waals surface area contributed by atoms with Gasteiger partial charge >= 0.3 is 0 Å². The number of hydrogen-bond donors (Lipinski definition) is 1. The Morgan fingerprint density at radius 1 is 1.47 bits per heavy atom. The molecular formula is C12H10ClNO. The molecule has 0 amide bonds. The number of furan rings is 1. The molecule has 0 bridgehead atoms. The van der Waals surface area contributed by atoms with Gasteiger partial charge in [-0.3, -0.25) is 0 Å². The molecule has 0 spiro atoms. The lowest BCUT2D eigenvalue weighted by molar-refractivity contribution is 0.601. The van der Waals surface area contributed by atoms with Gasteiger partial charge in [0.2, 0.25) is 0 Å². The van der Waals surface area contributed by atoms with E-state index in [1.807, 2.05) is 25.1 Å². The van der Waals surface area contributed by atoms with E-state index >= 15 is 0 Å². The maximum atomic E-state index is 5.97. The summed E-state index contributed by atoms with van der Waals surface area (Å²) in [7, 11) is 0. The van der Waals surface area contributed by atoms with E-state index < -0.39 is 0 Å². The second kappa shape index (κ2) is 3.98. The lowest BCUT2D eigenvalue weighted by Gasteiger charge is -1.89. The van der Waals surface area contributed by atoms with Gasteiger partial charge in [-0.2, -0.15) is 0 Å². The minimum Gasteiger partial charge on any atom is -0.446 e. The van der Waals surface area contributed by atoms with Crippen molar-refractivity contribution in [3.63, 3.8) is 0 Å². The maximum absolute atomic E-state index is 5.97. The SMILES string of the molecule is CC(N)C#Cc1cc2cccc(Cl)c2o1. The van der Waals surface area contributed by atoms with Gasteiger partial charge in [0.05, 0.1) is 11.1 Å². The van der Waals surface area contributed by atoms with Crippen molar-refractivity contribution in [1.29, 1.82) is 0 Å². The van der Waals surface area contributed by atoms with E-state index in [1.165, 1.54) is 0 Å². The molecule has 15 heavy (non-hydrogen) atoms. The van der Waals surface area contributed by atoms with Crippen LogP contribution in [0.1, 0.15) is 12.7 Å². The summed E-state index contributed by atoms with van der Waals surface area (Å²) in [5, 5.41) is 1.55. The van der Waals surface area contributed by atoms with Crippen LogP contribution in [0.5, 0.6) is 0 Å². The summed E-state index contributed by atoms with van der Waals surface area (Å²) in [6.07, 6.45) is 0. The molecule has 1 aromatic carbocycles. The lowest BCUT2D eigenvalue weighted by atomic mass is 10.2. The Hall–Kier alpha value is -1.43. The molecule has 3 heteroatoms. The third-order valence-corrected chi connectivity index (χ3v) is 2.22. The van der Waals surface area contributed by atoms with Crippen LogP contribution in [0, 0.1) is 11.8 Å². The summed E-state index contributed by atoms with van der Waals surface area (Å²) in [5.41, 5.74) is 6.20. The Morgan fingerprint density at radius 2 is 2.27 bits per heavy atom. The van der Waals surface area contributed by atoms with E-state index in [1.54, 1.807) is 6.07 Å². The molecule has 0 radical (unpaired) electrons. The highest BCUT2D eigenvalue weighted by Gasteiger charge is 2.04. The van der Waals surface area contributed by atoms with Gasteiger partial charge in [0.15, 0.2) is 11.3 Å². The van der Waals surface area contributed by atoms with Crippen molar-refractivity contribution in [2.45, 2.75) is 13.0 Å². The minimum absolute atomic E-state index is 0.159. The van der Waals surface area contributed by atoms with Gasteiger partial charge in [0, 0.05) is 11.5 Å². The quantitative estimate of drug-likeness (QED) is 0.692. The molecule has 1 unspecified atom stereocenters. The number of fused-ring (bicyclic) bond motifs is 1. The van der Waals surface area contributed by atoms with E-state index in [4.69, 9.17) is 21.8 Å². The molecule has 1 heterocycles. The molecule has 2 nitrogen and oxygen atoms in total. The average molecular weight is 220 g/mol. The maximum Gasteiger partial charge on any atom is 0.178 e. The predicted molar refractivity (Wildman–Crippen MR) is 61.8 cm³/mol. The van der Waals surface area contributed by atoms with Gasteiger partial charge in [0.1, 0.15) is 0 Å². The third-order valence-electron chi connectivity index (χ3n) is 1.92. The summed E-state index contributed by atoms with van der Waals surface area (Å²) in [6, 6.07) is 7.30. The monoisotopic (exact) mass is 219 g/mol. The molecule has 2 aromatic rings. The van der Waals surface area contributed by atoms with E-state index in [9.17, 15) is 0 Å². The molecule has 2 rings (SSSR count). The Labute approximate surface area is 93.0 Å². The van der Waals surface area contributed by atoms with Crippen LogP contribution in [-0.2, 0) is 0 Å². The second-order valence-corrected chi connectivity index (χ2v) is 3.73. The van der Waals surface area contributed by atoms with Crippen LogP contribution < -0.4 is 5.73 Å². The number of para-hydroxylation sites is 1. The zero-order valence-electron chi connectivity index (χ0n) is 8.25. The van der Waals surface area contributed by atoms with Gasteiger partial charge < -0.3 is 10.2 Å².